The molecular weight excluding hydrogens is 476 g/mol. The Bertz CT molecular complexity index is 1150. The van der Waals surface area contributed by atoms with Gasteiger partial charge in [0.25, 0.3) is 0 Å². The van der Waals surface area contributed by atoms with Gasteiger partial charge in [-0.05, 0) is 58.1 Å². The average molecular weight is 509 g/mol. The summed E-state index contributed by atoms with van der Waals surface area (Å²) >= 11 is 1.47. The van der Waals surface area contributed by atoms with Crippen LogP contribution in [0.4, 0.5) is 4.79 Å². The van der Waals surface area contributed by atoms with Crippen LogP contribution in [0.5, 0.6) is 0 Å². The molecule has 0 aliphatic heterocycles. The van der Waals surface area contributed by atoms with E-state index < -0.39 is 21.7 Å². The van der Waals surface area contributed by atoms with E-state index in [0.717, 1.165) is 35.6 Å². The van der Waals surface area contributed by atoms with E-state index in [9.17, 15) is 18.0 Å². The lowest BCUT2D eigenvalue weighted by molar-refractivity contribution is -0.119. The van der Waals surface area contributed by atoms with E-state index in [-0.39, 0.29) is 29.4 Å². The second-order valence-electron chi connectivity index (χ2n) is 9.57. The van der Waals surface area contributed by atoms with Crippen LogP contribution in [0.15, 0.2) is 29.3 Å². The summed E-state index contributed by atoms with van der Waals surface area (Å²) in [6, 6.07) is 5.18. The van der Waals surface area contributed by atoms with Gasteiger partial charge in [0.05, 0.1) is 14.8 Å². The fourth-order valence-electron chi connectivity index (χ4n) is 3.98. The van der Waals surface area contributed by atoms with Crippen LogP contribution in [0.3, 0.4) is 0 Å². The van der Waals surface area contributed by atoms with Crippen LogP contribution in [0.1, 0.15) is 69.9 Å². The third-order valence-corrected chi connectivity index (χ3v) is 8.40. The van der Waals surface area contributed by atoms with Crippen LogP contribution in [0.25, 0.3) is 10.4 Å². The quantitative estimate of drug-likeness (QED) is 0.521. The van der Waals surface area contributed by atoms with Gasteiger partial charge in [-0.3, -0.25) is 4.79 Å². The van der Waals surface area contributed by atoms with Gasteiger partial charge in [0, 0.05) is 36.7 Å². The standard InChI is InChI=1S/C23H32N4O5S2/c1-14(28)25-12-15-5-10-18(20(11-15)34(30,31)27-23(2,3)4)19-13-26-21(33-19)16-6-8-17(9-7-16)32-22(24)29/h5,10-11,13,16-17,27H,6-9,12H2,1-4H3,(H2,24,29)(H,25,28). The molecule has 3 rings (SSSR count). The molecule has 9 nitrogen and oxygen atoms in total. The van der Waals surface area contributed by atoms with Gasteiger partial charge in [-0.2, -0.15) is 0 Å². The highest BCUT2D eigenvalue weighted by Crippen LogP contribution is 2.40. The molecule has 2 amide bonds. The fraction of sp³-hybridized carbons (Fsp3) is 0.522. The Hall–Kier alpha value is -2.50. The number of sulfonamides is 1. The molecule has 1 aromatic heterocycles. The molecule has 0 unspecified atom stereocenters. The maximum Gasteiger partial charge on any atom is 0.404 e. The van der Waals surface area contributed by atoms with E-state index in [1.807, 2.05) is 6.07 Å². The third-order valence-electron chi connectivity index (χ3n) is 5.41. The Morgan fingerprint density at radius 2 is 1.88 bits per heavy atom. The summed E-state index contributed by atoms with van der Waals surface area (Å²) in [7, 11) is -3.84. The number of aromatic nitrogens is 1. The molecule has 0 radical (unpaired) electrons. The summed E-state index contributed by atoms with van der Waals surface area (Å²) in [6.07, 6.45) is 3.87. The van der Waals surface area contributed by atoms with Gasteiger partial charge in [0.2, 0.25) is 15.9 Å². The maximum absolute atomic E-state index is 13.3. The molecule has 186 valence electrons. The molecule has 11 heteroatoms. The third kappa shape index (κ3) is 7.00. The predicted molar refractivity (Wildman–Crippen MR) is 131 cm³/mol. The van der Waals surface area contributed by atoms with Crippen molar-refractivity contribution in [1.82, 2.24) is 15.0 Å². The number of amides is 2. The first-order valence-electron chi connectivity index (χ1n) is 11.2. The first-order valence-corrected chi connectivity index (χ1v) is 13.5. The van der Waals surface area contributed by atoms with E-state index in [0.29, 0.717) is 11.1 Å². The van der Waals surface area contributed by atoms with E-state index in [1.54, 1.807) is 39.1 Å². The number of rotatable bonds is 7. The topological polar surface area (TPSA) is 140 Å². The van der Waals surface area contributed by atoms with Crippen molar-refractivity contribution in [2.75, 3.05) is 0 Å². The number of hydrogen-bond acceptors (Lipinski definition) is 7. The van der Waals surface area contributed by atoms with Crippen LogP contribution >= 0.6 is 11.3 Å². The lowest BCUT2D eigenvalue weighted by Gasteiger charge is -2.26. The Labute approximate surface area is 204 Å². The number of benzene rings is 1. The molecule has 0 bridgehead atoms. The zero-order valence-electron chi connectivity index (χ0n) is 19.9. The summed E-state index contributed by atoms with van der Waals surface area (Å²) in [5.41, 5.74) is 5.72. The number of nitrogens with one attached hydrogen (secondary N) is 2. The molecule has 1 aliphatic rings. The van der Waals surface area contributed by atoms with Gasteiger partial charge in [-0.15, -0.1) is 11.3 Å². The Balaban J connectivity index is 1.89. The highest BCUT2D eigenvalue weighted by Gasteiger charge is 2.29. The van der Waals surface area contributed by atoms with Crippen molar-refractivity contribution in [2.24, 2.45) is 5.73 Å². The fourth-order valence-corrected chi connectivity index (χ4v) is 6.86. The lowest BCUT2D eigenvalue weighted by atomic mass is 9.88. The number of primary amides is 1. The van der Waals surface area contributed by atoms with Gasteiger partial charge in [-0.1, -0.05) is 12.1 Å². The lowest BCUT2D eigenvalue weighted by Crippen LogP contribution is -2.40. The largest absolute Gasteiger partial charge is 0.446 e. The Kier molecular flexibility index (Phi) is 7.99. The number of ether oxygens (including phenoxy) is 1. The average Bonchev–Trinajstić information content (AvgIpc) is 3.20. The van der Waals surface area contributed by atoms with Gasteiger partial charge in [0.1, 0.15) is 6.10 Å². The predicted octanol–water partition coefficient (Wildman–Crippen LogP) is 3.64. The van der Waals surface area contributed by atoms with Crippen LogP contribution in [0.2, 0.25) is 0 Å². The first-order chi connectivity index (χ1) is 15.8. The molecule has 1 saturated carbocycles. The zero-order valence-corrected chi connectivity index (χ0v) is 21.5. The molecule has 0 saturated heterocycles. The van der Waals surface area contributed by atoms with E-state index in [1.165, 1.54) is 18.3 Å². The molecule has 2 aromatic rings. The van der Waals surface area contributed by atoms with Crippen LogP contribution in [-0.4, -0.2) is 37.0 Å². The Morgan fingerprint density at radius 1 is 1.21 bits per heavy atom. The van der Waals surface area contributed by atoms with Crippen molar-refractivity contribution in [2.45, 2.75) is 82.4 Å². The molecule has 0 spiro atoms. The van der Waals surface area contributed by atoms with Crippen molar-refractivity contribution in [3.8, 4) is 10.4 Å². The maximum atomic E-state index is 13.3. The minimum atomic E-state index is -3.84. The van der Waals surface area contributed by atoms with Crippen molar-refractivity contribution in [3.05, 3.63) is 35.0 Å². The number of carbonyl (C=O) groups is 2. The summed E-state index contributed by atoms with van der Waals surface area (Å²) in [4.78, 5) is 27.8. The summed E-state index contributed by atoms with van der Waals surface area (Å²) in [6.45, 7) is 7.01. The van der Waals surface area contributed by atoms with E-state index in [4.69, 9.17) is 10.5 Å². The van der Waals surface area contributed by atoms with Crippen LogP contribution < -0.4 is 15.8 Å². The van der Waals surface area contributed by atoms with Gasteiger partial charge < -0.3 is 15.8 Å². The summed E-state index contributed by atoms with van der Waals surface area (Å²) < 4.78 is 34.4. The molecule has 1 heterocycles. The van der Waals surface area contributed by atoms with Crippen LogP contribution in [0, 0.1) is 0 Å². The number of carbonyl (C=O) groups excluding carboxylic acids is 2. The first kappa shape index (κ1) is 26.1. The van der Waals surface area contributed by atoms with Gasteiger partial charge in [0.15, 0.2) is 0 Å². The molecule has 0 atom stereocenters. The zero-order chi connectivity index (χ0) is 25.1. The SMILES string of the molecule is CC(=O)NCc1ccc(-c2cnc(C3CCC(OC(N)=O)CC3)s2)c(S(=O)(=O)NC(C)(C)C)c1. The van der Waals surface area contributed by atoms with Crippen molar-refractivity contribution < 1.29 is 22.7 Å². The van der Waals surface area contributed by atoms with Crippen LogP contribution in [-0.2, 0) is 26.1 Å². The minimum Gasteiger partial charge on any atom is -0.446 e. The molecule has 1 aliphatic carbocycles. The number of nitrogens with two attached hydrogens (primary N) is 1. The molecule has 1 fully saturated rings. The smallest absolute Gasteiger partial charge is 0.404 e. The molecular formula is C23H32N4O5S2. The number of thiazole rings is 1. The normalized spacial score (nSPS) is 18.9. The molecule has 1 aromatic carbocycles. The van der Waals surface area contributed by atoms with Gasteiger partial charge in [-0.25, -0.2) is 22.9 Å². The van der Waals surface area contributed by atoms with Crippen molar-refractivity contribution in [1.29, 1.82) is 0 Å². The number of hydrogen-bond donors (Lipinski definition) is 3. The molecule has 34 heavy (non-hydrogen) atoms. The second-order valence-corrected chi connectivity index (χ2v) is 12.3. The second kappa shape index (κ2) is 10.4. The van der Waals surface area contributed by atoms with Crippen molar-refractivity contribution in [3.63, 3.8) is 0 Å². The highest BCUT2D eigenvalue weighted by molar-refractivity contribution is 7.89. The van der Waals surface area contributed by atoms with Crippen molar-refractivity contribution >= 4 is 33.4 Å². The Morgan fingerprint density at radius 3 is 2.47 bits per heavy atom. The molecule has 4 N–H and O–H groups in total. The number of nitrogens with zero attached hydrogens (tertiary/aromatic N) is 1. The monoisotopic (exact) mass is 508 g/mol. The summed E-state index contributed by atoms with van der Waals surface area (Å²) in [5.74, 6) is 0.0302. The van der Waals surface area contributed by atoms with Gasteiger partial charge >= 0.3 is 6.09 Å². The minimum absolute atomic E-state index is 0.152. The van der Waals surface area contributed by atoms with E-state index in [2.05, 4.69) is 15.0 Å². The van der Waals surface area contributed by atoms with E-state index >= 15 is 0 Å². The highest BCUT2D eigenvalue weighted by atomic mass is 32.2. The summed E-state index contributed by atoms with van der Waals surface area (Å²) in [5, 5.41) is 3.64.